The number of hydrogen-bond donors (Lipinski definition) is 1. The lowest BCUT2D eigenvalue weighted by Crippen LogP contribution is -2.35. The smallest absolute Gasteiger partial charge is 0.176 e. The number of carbonyl (C=O) groups excluding carboxylic acids is 2. The predicted molar refractivity (Wildman–Crippen MR) is 162 cm³/mol. The van der Waals surface area contributed by atoms with Crippen molar-refractivity contribution in [1.29, 1.82) is 5.41 Å². The van der Waals surface area contributed by atoms with Gasteiger partial charge in [-0.05, 0) is 106 Å². The van der Waals surface area contributed by atoms with Gasteiger partial charge in [-0.1, -0.05) is 32.4 Å². The minimum Gasteiger partial charge on any atom is -0.497 e. The van der Waals surface area contributed by atoms with Crippen LogP contribution in [0.25, 0.3) is 0 Å². The van der Waals surface area contributed by atoms with Crippen molar-refractivity contribution in [3.63, 3.8) is 0 Å². The summed E-state index contributed by atoms with van der Waals surface area (Å²) in [7, 11) is 1.60. The number of carbonyl (C=O) groups is 2. The molecule has 218 valence electrons. The zero-order chi connectivity index (χ0) is 28.7. The number of ether oxygens (including phenoxy) is 2. The van der Waals surface area contributed by atoms with Gasteiger partial charge < -0.3 is 19.8 Å². The summed E-state index contributed by atoms with van der Waals surface area (Å²) < 4.78 is 11.1. The highest BCUT2D eigenvalue weighted by atomic mass is 16.5. The first-order chi connectivity index (χ1) is 19.4. The summed E-state index contributed by atoms with van der Waals surface area (Å²) in [6.45, 7) is 8.04. The number of unbranched alkanes of at least 4 members (excludes halogenated alkanes) is 2. The number of nitrogens with zero attached hydrogens (tertiary/aromatic N) is 1. The van der Waals surface area contributed by atoms with Crippen LogP contribution in [0.3, 0.4) is 0 Å². The van der Waals surface area contributed by atoms with E-state index >= 15 is 0 Å². The van der Waals surface area contributed by atoms with Gasteiger partial charge in [0.05, 0.1) is 19.4 Å². The number of Topliss-reactive ketones (excluding diaryl/α,β-unsaturated/α-hetero) is 2. The van der Waals surface area contributed by atoms with E-state index in [4.69, 9.17) is 14.9 Å². The zero-order valence-electron chi connectivity index (χ0n) is 24.8. The molecule has 0 saturated carbocycles. The summed E-state index contributed by atoms with van der Waals surface area (Å²) in [5.41, 5.74) is 2.01. The molecule has 1 N–H and O–H groups in total. The highest BCUT2D eigenvalue weighted by Gasteiger charge is 2.25. The van der Waals surface area contributed by atoms with Crippen molar-refractivity contribution < 1.29 is 19.1 Å². The third kappa shape index (κ3) is 10.9. The highest BCUT2D eigenvalue weighted by molar-refractivity contribution is 6.39. The van der Waals surface area contributed by atoms with E-state index in [9.17, 15) is 9.59 Å². The van der Waals surface area contributed by atoms with E-state index in [0.29, 0.717) is 37.7 Å². The molecule has 1 fully saturated rings. The number of ketones is 2. The van der Waals surface area contributed by atoms with Crippen LogP contribution in [-0.2, 0) is 11.2 Å². The SMILES string of the molecule is COc1ccc(C(=O)CCCCC(=O)C(=N)C(Cc2ccc(OCCCCC(C)C)cc2)CN2CCCC2)cc1. The molecule has 3 rings (SSSR count). The molecule has 6 nitrogen and oxygen atoms in total. The van der Waals surface area contributed by atoms with E-state index in [0.717, 1.165) is 55.6 Å². The van der Waals surface area contributed by atoms with E-state index in [1.807, 2.05) is 12.1 Å². The molecular weight excluding hydrogens is 500 g/mol. The van der Waals surface area contributed by atoms with Crippen molar-refractivity contribution in [3.8, 4) is 11.5 Å². The average molecular weight is 549 g/mol. The summed E-state index contributed by atoms with van der Waals surface area (Å²) in [4.78, 5) is 27.9. The van der Waals surface area contributed by atoms with Gasteiger partial charge in [0.25, 0.3) is 0 Å². The Hall–Kier alpha value is -2.99. The van der Waals surface area contributed by atoms with E-state index in [1.165, 1.54) is 25.7 Å². The van der Waals surface area contributed by atoms with Crippen LogP contribution in [0.15, 0.2) is 48.5 Å². The van der Waals surface area contributed by atoms with Crippen LogP contribution in [0.4, 0.5) is 0 Å². The van der Waals surface area contributed by atoms with Gasteiger partial charge in [-0.2, -0.15) is 0 Å². The number of nitrogens with one attached hydrogen (secondary N) is 1. The second kappa shape index (κ2) is 17.0. The van der Waals surface area contributed by atoms with Gasteiger partial charge in [0.2, 0.25) is 0 Å². The summed E-state index contributed by atoms with van der Waals surface area (Å²) >= 11 is 0. The van der Waals surface area contributed by atoms with Gasteiger partial charge in [-0.3, -0.25) is 9.59 Å². The fraction of sp³-hybridized carbons (Fsp3) is 0.559. The minimum atomic E-state index is -0.130. The molecule has 1 atom stereocenters. The quantitative estimate of drug-likeness (QED) is 0.114. The van der Waals surface area contributed by atoms with Crippen molar-refractivity contribution in [3.05, 3.63) is 59.7 Å². The maximum Gasteiger partial charge on any atom is 0.176 e. The molecule has 2 aromatic rings. The Labute approximate surface area is 241 Å². The van der Waals surface area contributed by atoms with Crippen molar-refractivity contribution in [2.75, 3.05) is 33.4 Å². The molecule has 40 heavy (non-hydrogen) atoms. The number of hydrogen-bond acceptors (Lipinski definition) is 6. The van der Waals surface area contributed by atoms with E-state index in [2.05, 4.69) is 30.9 Å². The largest absolute Gasteiger partial charge is 0.497 e. The Kier molecular flexibility index (Phi) is 13.4. The maximum absolute atomic E-state index is 13.0. The highest BCUT2D eigenvalue weighted by Crippen LogP contribution is 2.21. The Morgan fingerprint density at radius 1 is 0.875 bits per heavy atom. The summed E-state index contributed by atoms with van der Waals surface area (Å²) in [6, 6.07) is 15.3. The molecule has 0 aliphatic carbocycles. The van der Waals surface area contributed by atoms with Gasteiger partial charge in [0.15, 0.2) is 11.6 Å². The molecule has 2 aromatic carbocycles. The van der Waals surface area contributed by atoms with Gasteiger partial charge in [0, 0.05) is 30.9 Å². The monoisotopic (exact) mass is 548 g/mol. The number of likely N-dealkylation sites (tertiary alicyclic amines) is 1. The molecule has 1 heterocycles. The first kappa shape index (κ1) is 31.5. The molecule has 0 radical (unpaired) electrons. The summed E-state index contributed by atoms with van der Waals surface area (Å²) in [5.74, 6) is 2.17. The van der Waals surface area contributed by atoms with Crippen LogP contribution < -0.4 is 9.47 Å². The normalized spacial score (nSPS) is 14.3. The van der Waals surface area contributed by atoms with Crippen LogP contribution >= 0.6 is 0 Å². The molecule has 1 aliphatic heterocycles. The van der Waals surface area contributed by atoms with Crippen LogP contribution in [0.1, 0.15) is 87.6 Å². The standard InChI is InChI=1S/C34H48N2O4/c1-26(2)10-6-9-23-40-31-17-13-27(14-18-31)24-29(25-36-21-7-8-22-36)34(35)33(38)12-5-4-11-32(37)28-15-19-30(39-3)20-16-28/h13-20,26,29,35H,4-12,21-25H2,1-3H3. The Morgan fingerprint density at radius 3 is 2.17 bits per heavy atom. The topological polar surface area (TPSA) is 79.7 Å². The molecular formula is C34H48N2O4. The van der Waals surface area contributed by atoms with E-state index in [-0.39, 0.29) is 23.2 Å². The van der Waals surface area contributed by atoms with E-state index in [1.54, 1.807) is 31.4 Å². The van der Waals surface area contributed by atoms with E-state index < -0.39 is 0 Å². The molecule has 1 unspecified atom stereocenters. The van der Waals surface area contributed by atoms with Crippen molar-refractivity contribution in [2.45, 2.75) is 78.1 Å². The third-order valence-electron chi connectivity index (χ3n) is 7.71. The lowest BCUT2D eigenvalue weighted by molar-refractivity contribution is -0.113. The predicted octanol–water partition coefficient (Wildman–Crippen LogP) is 7.19. The number of benzene rings is 2. The summed E-state index contributed by atoms with van der Waals surface area (Å²) in [5, 5.41) is 8.78. The zero-order valence-corrected chi connectivity index (χ0v) is 24.8. The first-order valence-electron chi connectivity index (χ1n) is 15.1. The van der Waals surface area contributed by atoms with Crippen molar-refractivity contribution in [1.82, 2.24) is 4.90 Å². The molecule has 0 aromatic heterocycles. The molecule has 1 aliphatic rings. The van der Waals surface area contributed by atoms with Crippen LogP contribution in [-0.4, -0.2) is 55.5 Å². The Balaban J connectivity index is 1.48. The molecule has 1 saturated heterocycles. The molecule has 0 bridgehead atoms. The lowest BCUT2D eigenvalue weighted by atomic mass is 9.90. The van der Waals surface area contributed by atoms with Gasteiger partial charge >= 0.3 is 0 Å². The molecule has 0 amide bonds. The second-order valence-corrected chi connectivity index (χ2v) is 11.5. The molecule has 0 spiro atoms. The fourth-order valence-corrected chi connectivity index (χ4v) is 5.24. The van der Waals surface area contributed by atoms with Gasteiger partial charge in [-0.25, -0.2) is 0 Å². The second-order valence-electron chi connectivity index (χ2n) is 11.5. The maximum atomic E-state index is 13.0. The third-order valence-corrected chi connectivity index (χ3v) is 7.71. The average Bonchev–Trinajstić information content (AvgIpc) is 3.48. The summed E-state index contributed by atoms with van der Waals surface area (Å²) in [6.07, 6.45) is 8.47. The van der Waals surface area contributed by atoms with Crippen LogP contribution in [0.5, 0.6) is 11.5 Å². The molecule has 6 heteroatoms. The lowest BCUT2D eigenvalue weighted by Gasteiger charge is -2.24. The van der Waals surface area contributed by atoms with Gasteiger partial charge in [-0.15, -0.1) is 0 Å². The number of rotatable bonds is 19. The van der Waals surface area contributed by atoms with Crippen LogP contribution in [0.2, 0.25) is 0 Å². The Bertz CT molecular complexity index is 1060. The number of methoxy groups -OCH3 is 1. The van der Waals surface area contributed by atoms with Crippen LogP contribution in [0, 0.1) is 17.2 Å². The fourth-order valence-electron chi connectivity index (χ4n) is 5.24. The van der Waals surface area contributed by atoms with Crippen molar-refractivity contribution >= 4 is 17.3 Å². The van der Waals surface area contributed by atoms with Gasteiger partial charge in [0.1, 0.15) is 11.5 Å². The first-order valence-corrected chi connectivity index (χ1v) is 15.1. The van der Waals surface area contributed by atoms with Crippen molar-refractivity contribution in [2.24, 2.45) is 11.8 Å². The Morgan fingerprint density at radius 2 is 1.52 bits per heavy atom. The minimum absolute atomic E-state index is 0.0695.